The molecule has 21 heavy (non-hydrogen) atoms. The van der Waals surface area contributed by atoms with E-state index in [-0.39, 0.29) is 6.61 Å². The molecule has 0 aromatic rings. The van der Waals surface area contributed by atoms with Crippen molar-refractivity contribution in [2.24, 2.45) is 5.92 Å². The van der Waals surface area contributed by atoms with Crippen LogP contribution in [0.2, 0.25) is 0 Å². The van der Waals surface area contributed by atoms with Crippen LogP contribution in [0.3, 0.4) is 0 Å². The SMILES string of the molecule is CC(C)(C)OC(=O)N[C@H](COCC1CCCCC1)C(=O)O. The molecule has 0 saturated heterocycles. The average Bonchev–Trinajstić information content (AvgIpc) is 2.36. The molecule has 2 N–H and O–H groups in total. The molecular formula is C15H27NO5. The van der Waals surface area contributed by atoms with Crippen LogP contribution in [-0.2, 0) is 14.3 Å². The molecular weight excluding hydrogens is 274 g/mol. The van der Waals surface area contributed by atoms with E-state index in [0.29, 0.717) is 12.5 Å². The molecule has 1 amide bonds. The average molecular weight is 301 g/mol. The lowest BCUT2D eigenvalue weighted by molar-refractivity contribution is -0.141. The van der Waals surface area contributed by atoms with Crippen molar-refractivity contribution in [2.75, 3.05) is 13.2 Å². The molecule has 6 heteroatoms. The number of hydrogen-bond donors (Lipinski definition) is 2. The smallest absolute Gasteiger partial charge is 0.408 e. The van der Waals surface area contributed by atoms with Crippen molar-refractivity contribution in [3.8, 4) is 0 Å². The number of carboxylic acid groups (broad SMARTS) is 1. The summed E-state index contributed by atoms with van der Waals surface area (Å²) in [5, 5.41) is 11.4. The lowest BCUT2D eigenvalue weighted by Gasteiger charge is -2.24. The van der Waals surface area contributed by atoms with Crippen molar-refractivity contribution in [1.29, 1.82) is 0 Å². The third kappa shape index (κ3) is 7.90. The zero-order chi connectivity index (χ0) is 15.9. The minimum absolute atomic E-state index is 0.0366. The number of carboxylic acids is 1. The molecule has 0 spiro atoms. The van der Waals surface area contributed by atoms with Gasteiger partial charge in [0.05, 0.1) is 6.61 Å². The Balaban J connectivity index is 2.32. The molecule has 0 heterocycles. The minimum Gasteiger partial charge on any atom is -0.480 e. The molecule has 1 fully saturated rings. The van der Waals surface area contributed by atoms with Crippen molar-refractivity contribution in [1.82, 2.24) is 5.32 Å². The zero-order valence-electron chi connectivity index (χ0n) is 13.2. The molecule has 1 rings (SSSR count). The predicted molar refractivity (Wildman–Crippen MR) is 78.2 cm³/mol. The lowest BCUT2D eigenvalue weighted by Crippen LogP contribution is -2.46. The van der Waals surface area contributed by atoms with Gasteiger partial charge in [-0.2, -0.15) is 0 Å². The van der Waals surface area contributed by atoms with Gasteiger partial charge in [0.2, 0.25) is 0 Å². The van der Waals surface area contributed by atoms with Crippen LogP contribution in [0.25, 0.3) is 0 Å². The number of nitrogens with one attached hydrogen (secondary N) is 1. The highest BCUT2D eigenvalue weighted by molar-refractivity contribution is 5.80. The molecule has 0 radical (unpaired) electrons. The Labute approximate surface area is 126 Å². The standard InChI is InChI=1S/C15H27NO5/c1-15(2,3)21-14(19)16-12(13(17)18)10-20-9-11-7-5-4-6-8-11/h11-12H,4-10H2,1-3H3,(H,16,19)(H,17,18)/t12-/m1/s1. The van der Waals surface area contributed by atoms with Crippen LogP contribution in [0, 0.1) is 5.92 Å². The summed E-state index contributed by atoms with van der Waals surface area (Å²) < 4.78 is 10.5. The van der Waals surface area contributed by atoms with Crippen molar-refractivity contribution in [2.45, 2.75) is 64.5 Å². The van der Waals surface area contributed by atoms with Crippen LogP contribution in [0.4, 0.5) is 4.79 Å². The summed E-state index contributed by atoms with van der Waals surface area (Å²) >= 11 is 0. The van der Waals surface area contributed by atoms with E-state index in [1.54, 1.807) is 20.8 Å². The summed E-state index contributed by atoms with van der Waals surface area (Å²) in [6.07, 6.45) is 5.23. The van der Waals surface area contributed by atoms with Crippen LogP contribution in [0.5, 0.6) is 0 Å². The van der Waals surface area contributed by atoms with Gasteiger partial charge in [-0.3, -0.25) is 0 Å². The molecule has 1 atom stereocenters. The molecule has 0 aromatic heterocycles. The molecule has 1 aliphatic rings. The predicted octanol–water partition coefficient (Wildman–Crippen LogP) is 2.56. The first-order valence-electron chi connectivity index (χ1n) is 7.58. The van der Waals surface area contributed by atoms with Gasteiger partial charge < -0.3 is 19.9 Å². The first-order valence-corrected chi connectivity index (χ1v) is 7.58. The van der Waals surface area contributed by atoms with Gasteiger partial charge in [-0.25, -0.2) is 9.59 Å². The highest BCUT2D eigenvalue weighted by Gasteiger charge is 2.24. The van der Waals surface area contributed by atoms with E-state index in [9.17, 15) is 9.59 Å². The number of carbonyl (C=O) groups excluding carboxylic acids is 1. The summed E-state index contributed by atoms with van der Waals surface area (Å²) in [6, 6.07) is -1.08. The van der Waals surface area contributed by atoms with Gasteiger partial charge in [0, 0.05) is 6.61 Å². The van der Waals surface area contributed by atoms with Crippen LogP contribution >= 0.6 is 0 Å². The van der Waals surface area contributed by atoms with E-state index >= 15 is 0 Å². The molecule has 0 bridgehead atoms. The Morgan fingerprint density at radius 2 is 1.86 bits per heavy atom. The Morgan fingerprint density at radius 1 is 1.24 bits per heavy atom. The van der Waals surface area contributed by atoms with Crippen molar-refractivity contribution >= 4 is 12.1 Å². The quantitative estimate of drug-likeness (QED) is 0.787. The number of amides is 1. The fraction of sp³-hybridized carbons (Fsp3) is 0.867. The lowest BCUT2D eigenvalue weighted by atomic mass is 9.90. The number of rotatable bonds is 6. The molecule has 0 aromatic carbocycles. The summed E-state index contributed by atoms with van der Waals surface area (Å²) in [4.78, 5) is 22.7. The van der Waals surface area contributed by atoms with Gasteiger partial charge in [0.15, 0.2) is 6.04 Å². The maximum atomic E-state index is 11.6. The van der Waals surface area contributed by atoms with Gasteiger partial charge >= 0.3 is 12.1 Å². The highest BCUT2D eigenvalue weighted by atomic mass is 16.6. The van der Waals surface area contributed by atoms with Gasteiger partial charge in [-0.1, -0.05) is 19.3 Å². The number of carbonyl (C=O) groups is 2. The summed E-state index contributed by atoms with van der Waals surface area (Å²) in [5.41, 5.74) is -0.657. The summed E-state index contributed by atoms with van der Waals surface area (Å²) in [5.74, 6) is -0.612. The van der Waals surface area contributed by atoms with Gasteiger partial charge in [0.1, 0.15) is 5.60 Å². The van der Waals surface area contributed by atoms with E-state index in [1.807, 2.05) is 0 Å². The normalized spacial score (nSPS) is 18.0. The van der Waals surface area contributed by atoms with Crippen molar-refractivity contribution in [3.05, 3.63) is 0 Å². The second kappa shape index (κ2) is 8.22. The zero-order valence-corrected chi connectivity index (χ0v) is 13.2. The first kappa shape index (κ1) is 17.8. The van der Waals surface area contributed by atoms with Gasteiger partial charge in [0.25, 0.3) is 0 Å². The maximum Gasteiger partial charge on any atom is 0.408 e. The monoisotopic (exact) mass is 301 g/mol. The Kier molecular flexibility index (Phi) is 6.95. The van der Waals surface area contributed by atoms with E-state index in [0.717, 1.165) is 12.8 Å². The number of alkyl carbamates (subject to hydrolysis) is 1. The number of hydrogen-bond acceptors (Lipinski definition) is 4. The second-order valence-electron chi connectivity index (χ2n) is 6.58. The molecule has 1 saturated carbocycles. The van der Waals surface area contributed by atoms with E-state index in [4.69, 9.17) is 14.6 Å². The van der Waals surface area contributed by atoms with Gasteiger partial charge in [-0.05, 0) is 39.5 Å². The fourth-order valence-electron chi connectivity index (χ4n) is 2.33. The van der Waals surface area contributed by atoms with Crippen molar-refractivity contribution in [3.63, 3.8) is 0 Å². The summed E-state index contributed by atoms with van der Waals surface area (Å²) in [6.45, 7) is 5.69. The van der Waals surface area contributed by atoms with Crippen LogP contribution < -0.4 is 5.32 Å². The Hall–Kier alpha value is -1.30. The van der Waals surface area contributed by atoms with Crippen LogP contribution in [0.15, 0.2) is 0 Å². The van der Waals surface area contributed by atoms with Crippen LogP contribution in [-0.4, -0.2) is 42.0 Å². The maximum absolute atomic E-state index is 11.6. The molecule has 122 valence electrons. The third-order valence-electron chi connectivity index (χ3n) is 3.35. The van der Waals surface area contributed by atoms with Crippen LogP contribution in [0.1, 0.15) is 52.9 Å². The van der Waals surface area contributed by atoms with Crippen molar-refractivity contribution < 1.29 is 24.2 Å². The molecule has 0 unspecified atom stereocenters. The second-order valence-corrected chi connectivity index (χ2v) is 6.58. The first-order chi connectivity index (χ1) is 9.78. The largest absolute Gasteiger partial charge is 0.480 e. The van der Waals surface area contributed by atoms with E-state index in [1.165, 1.54) is 19.3 Å². The minimum atomic E-state index is -1.12. The highest BCUT2D eigenvalue weighted by Crippen LogP contribution is 2.23. The topological polar surface area (TPSA) is 84.9 Å². The number of aliphatic carboxylic acids is 1. The summed E-state index contributed by atoms with van der Waals surface area (Å²) in [7, 11) is 0. The molecule has 6 nitrogen and oxygen atoms in total. The van der Waals surface area contributed by atoms with E-state index < -0.39 is 23.7 Å². The molecule has 1 aliphatic carbocycles. The van der Waals surface area contributed by atoms with Gasteiger partial charge in [-0.15, -0.1) is 0 Å². The Bertz CT molecular complexity index is 344. The Morgan fingerprint density at radius 3 is 2.38 bits per heavy atom. The fourth-order valence-corrected chi connectivity index (χ4v) is 2.33. The third-order valence-corrected chi connectivity index (χ3v) is 3.35. The van der Waals surface area contributed by atoms with E-state index in [2.05, 4.69) is 5.32 Å². The number of ether oxygens (including phenoxy) is 2. The molecule has 0 aliphatic heterocycles.